The molecule has 1 heterocycles. The van der Waals surface area contributed by atoms with E-state index in [1.165, 1.54) is 7.11 Å². The molecule has 0 spiro atoms. The molecule has 4 nitrogen and oxygen atoms in total. The molecule has 0 aliphatic heterocycles. The van der Waals surface area contributed by atoms with Crippen molar-refractivity contribution in [1.29, 1.82) is 0 Å². The summed E-state index contributed by atoms with van der Waals surface area (Å²) < 4.78 is 4.73. The van der Waals surface area contributed by atoms with Crippen molar-refractivity contribution in [3.05, 3.63) is 57.8 Å². The van der Waals surface area contributed by atoms with Gasteiger partial charge in [-0.15, -0.1) is 0 Å². The molecule has 1 N–H and O–H groups in total. The maximum Gasteiger partial charge on any atom is 0.339 e. The van der Waals surface area contributed by atoms with Crippen molar-refractivity contribution in [3.63, 3.8) is 0 Å². The number of carbonyl (C=O) groups is 1. The smallest absolute Gasteiger partial charge is 0.339 e. The largest absolute Gasteiger partial charge is 0.465 e. The average molecular weight is 311 g/mol. The lowest BCUT2D eigenvalue weighted by Gasteiger charge is -2.11. The second-order valence-corrected chi connectivity index (χ2v) is 4.72. The first kappa shape index (κ1) is 14.6. The number of pyridine rings is 1. The van der Waals surface area contributed by atoms with E-state index in [0.29, 0.717) is 28.1 Å². The van der Waals surface area contributed by atoms with E-state index >= 15 is 0 Å². The van der Waals surface area contributed by atoms with Gasteiger partial charge in [-0.2, -0.15) is 0 Å². The third-order valence-corrected chi connectivity index (χ3v) is 3.23. The Morgan fingerprint density at radius 2 is 2.00 bits per heavy atom. The first-order valence-corrected chi connectivity index (χ1v) is 6.59. The quantitative estimate of drug-likeness (QED) is 0.689. The van der Waals surface area contributed by atoms with Crippen LogP contribution in [0.3, 0.4) is 0 Å². The number of halogens is 2. The van der Waals surface area contributed by atoms with E-state index in [9.17, 15) is 4.79 Å². The molecule has 0 unspecified atom stereocenters. The van der Waals surface area contributed by atoms with Crippen LogP contribution in [-0.4, -0.2) is 18.1 Å². The highest BCUT2D eigenvalue weighted by Gasteiger charge is 2.11. The number of esters is 1. The van der Waals surface area contributed by atoms with Crippen molar-refractivity contribution in [2.45, 2.75) is 6.54 Å². The van der Waals surface area contributed by atoms with Crippen LogP contribution in [0.1, 0.15) is 15.9 Å². The van der Waals surface area contributed by atoms with Gasteiger partial charge in [-0.25, -0.2) is 9.78 Å². The SMILES string of the molecule is COC(=O)c1ccccc1NCc1ccc(Cl)nc1Cl. The summed E-state index contributed by atoms with van der Waals surface area (Å²) in [5, 5.41) is 3.81. The van der Waals surface area contributed by atoms with Gasteiger partial charge in [0.25, 0.3) is 0 Å². The number of anilines is 1. The Labute approximate surface area is 126 Å². The van der Waals surface area contributed by atoms with Gasteiger partial charge in [0.15, 0.2) is 0 Å². The van der Waals surface area contributed by atoms with Crippen LogP contribution in [0.15, 0.2) is 36.4 Å². The van der Waals surface area contributed by atoms with Crippen molar-refractivity contribution in [2.75, 3.05) is 12.4 Å². The van der Waals surface area contributed by atoms with Gasteiger partial charge in [0.2, 0.25) is 0 Å². The zero-order valence-corrected chi connectivity index (χ0v) is 12.2. The van der Waals surface area contributed by atoms with E-state index in [1.807, 2.05) is 6.07 Å². The number of hydrogen-bond acceptors (Lipinski definition) is 4. The number of carbonyl (C=O) groups excluding carboxylic acids is 1. The standard InChI is InChI=1S/C14H12Cl2N2O2/c1-20-14(19)10-4-2-3-5-11(10)17-8-9-6-7-12(15)18-13(9)16/h2-7,17H,8H2,1H3. The van der Waals surface area contributed by atoms with Crippen LogP contribution >= 0.6 is 23.2 Å². The molecule has 0 saturated carbocycles. The Bertz CT molecular complexity index is 632. The molecule has 0 amide bonds. The highest BCUT2D eigenvalue weighted by atomic mass is 35.5. The summed E-state index contributed by atoms with van der Waals surface area (Å²) in [6.07, 6.45) is 0. The summed E-state index contributed by atoms with van der Waals surface area (Å²) in [6, 6.07) is 10.5. The lowest BCUT2D eigenvalue weighted by atomic mass is 10.1. The fourth-order valence-electron chi connectivity index (χ4n) is 1.69. The van der Waals surface area contributed by atoms with Crippen LogP contribution in [0.4, 0.5) is 5.69 Å². The van der Waals surface area contributed by atoms with Crippen molar-refractivity contribution < 1.29 is 9.53 Å². The summed E-state index contributed by atoms with van der Waals surface area (Å²) in [6.45, 7) is 0.428. The van der Waals surface area contributed by atoms with Crippen LogP contribution in [0.25, 0.3) is 0 Å². The highest BCUT2D eigenvalue weighted by molar-refractivity contribution is 6.32. The van der Waals surface area contributed by atoms with Gasteiger partial charge in [-0.05, 0) is 18.2 Å². The van der Waals surface area contributed by atoms with Gasteiger partial charge in [0, 0.05) is 17.8 Å². The van der Waals surface area contributed by atoms with Crippen molar-refractivity contribution in [2.24, 2.45) is 0 Å². The van der Waals surface area contributed by atoms with Crippen molar-refractivity contribution in [1.82, 2.24) is 4.98 Å². The molecule has 0 fully saturated rings. The van der Waals surface area contributed by atoms with E-state index in [0.717, 1.165) is 5.56 Å². The topological polar surface area (TPSA) is 51.2 Å². The number of nitrogens with one attached hydrogen (secondary N) is 1. The lowest BCUT2D eigenvalue weighted by molar-refractivity contribution is 0.0602. The Morgan fingerprint density at radius 1 is 1.25 bits per heavy atom. The van der Waals surface area contributed by atoms with E-state index in [4.69, 9.17) is 27.9 Å². The van der Waals surface area contributed by atoms with Crippen molar-refractivity contribution in [3.8, 4) is 0 Å². The number of methoxy groups -OCH3 is 1. The number of nitrogens with zero attached hydrogens (tertiary/aromatic N) is 1. The van der Waals surface area contributed by atoms with Crippen LogP contribution in [0.5, 0.6) is 0 Å². The van der Waals surface area contributed by atoms with E-state index in [-0.39, 0.29) is 0 Å². The first-order chi connectivity index (χ1) is 9.61. The normalized spacial score (nSPS) is 10.2. The highest BCUT2D eigenvalue weighted by Crippen LogP contribution is 2.20. The lowest BCUT2D eigenvalue weighted by Crippen LogP contribution is -2.08. The minimum atomic E-state index is -0.395. The summed E-state index contributed by atoms with van der Waals surface area (Å²) >= 11 is 11.7. The molecule has 0 aliphatic carbocycles. The van der Waals surface area contributed by atoms with E-state index in [1.54, 1.807) is 30.3 Å². The van der Waals surface area contributed by atoms with Gasteiger partial charge < -0.3 is 10.1 Å². The number of benzene rings is 1. The average Bonchev–Trinajstić information content (AvgIpc) is 2.46. The molecule has 0 saturated heterocycles. The third kappa shape index (κ3) is 3.40. The number of aromatic nitrogens is 1. The van der Waals surface area contributed by atoms with Gasteiger partial charge in [-0.3, -0.25) is 0 Å². The first-order valence-electron chi connectivity index (χ1n) is 5.84. The van der Waals surface area contributed by atoms with Crippen LogP contribution in [0.2, 0.25) is 10.3 Å². The zero-order valence-electron chi connectivity index (χ0n) is 10.7. The maximum absolute atomic E-state index is 11.6. The molecule has 0 bridgehead atoms. The molecule has 2 rings (SSSR count). The number of hydrogen-bond donors (Lipinski definition) is 1. The molecule has 6 heteroatoms. The van der Waals surface area contributed by atoms with E-state index in [2.05, 4.69) is 10.3 Å². The molecule has 20 heavy (non-hydrogen) atoms. The molecule has 1 aromatic heterocycles. The van der Waals surface area contributed by atoms with Crippen LogP contribution in [-0.2, 0) is 11.3 Å². The summed E-state index contributed by atoms with van der Waals surface area (Å²) in [5.41, 5.74) is 1.93. The van der Waals surface area contributed by atoms with E-state index < -0.39 is 5.97 Å². The molecular formula is C14H12Cl2N2O2. The molecule has 0 aliphatic rings. The number of rotatable bonds is 4. The summed E-state index contributed by atoms with van der Waals surface area (Å²) in [4.78, 5) is 15.6. The zero-order chi connectivity index (χ0) is 14.5. The number of para-hydroxylation sites is 1. The summed E-state index contributed by atoms with van der Waals surface area (Å²) in [5.74, 6) is -0.395. The Balaban J connectivity index is 2.17. The molecule has 1 aromatic carbocycles. The maximum atomic E-state index is 11.6. The predicted molar refractivity (Wildman–Crippen MR) is 79.4 cm³/mol. The molecule has 104 valence electrons. The second kappa shape index (κ2) is 6.59. The van der Waals surface area contributed by atoms with Crippen LogP contribution in [0, 0.1) is 0 Å². The Hall–Kier alpha value is -1.78. The molecule has 0 radical (unpaired) electrons. The second-order valence-electron chi connectivity index (χ2n) is 3.97. The van der Waals surface area contributed by atoms with Gasteiger partial charge >= 0.3 is 5.97 Å². The van der Waals surface area contributed by atoms with Gasteiger partial charge in [-0.1, -0.05) is 41.4 Å². The Kier molecular flexibility index (Phi) is 4.82. The molecular weight excluding hydrogens is 299 g/mol. The molecule has 2 aromatic rings. The Morgan fingerprint density at radius 3 is 2.70 bits per heavy atom. The third-order valence-electron chi connectivity index (χ3n) is 2.69. The summed E-state index contributed by atoms with van der Waals surface area (Å²) in [7, 11) is 1.35. The monoisotopic (exact) mass is 310 g/mol. The predicted octanol–water partition coefficient (Wildman–Crippen LogP) is 3.79. The van der Waals surface area contributed by atoms with Gasteiger partial charge in [0.05, 0.1) is 12.7 Å². The minimum absolute atomic E-state index is 0.334. The fraction of sp³-hybridized carbons (Fsp3) is 0.143. The van der Waals surface area contributed by atoms with Gasteiger partial charge in [0.1, 0.15) is 10.3 Å². The fourth-order valence-corrected chi connectivity index (χ4v) is 2.10. The van der Waals surface area contributed by atoms with Crippen LogP contribution < -0.4 is 5.32 Å². The molecule has 0 atom stereocenters. The van der Waals surface area contributed by atoms with Crippen molar-refractivity contribution >= 4 is 34.9 Å². The minimum Gasteiger partial charge on any atom is -0.465 e. The number of ether oxygens (including phenoxy) is 1.